The van der Waals surface area contributed by atoms with E-state index in [0.717, 1.165) is 51.4 Å². The lowest BCUT2D eigenvalue weighted by Gasteiger charge is -2.37. The quantitative estimate of drug-likeness (QED) is 0.708. The summed E-state index contributed by atoms with van der Waals surface area (Å²) < 4.78 is 0. The monoisotopic (exact) mass is 385 g/mol. The predicted molar refractivity (Wildman–Crippen MR) is 110 cm³/mol. The second-order valence-electron chi connectivity index (χ2n) is 8.02. The molecule has 7 nitrogen and oxygen atoms in total. The molecule has 0 saturated carbocycles. The fourth-order valence-electron chi connectivity index (χ4n) is 4.38. The van der Waals surface area contributed by atoms with Gasteiger partial charge in [0.25, 0.3) is 0 Å². The van der Waals surface area contributed by atoms with Gasteiger partial charge < -0.3 is 10.2 Å². The van der Waals surface area contributed by atoms with E-state index >= 15 is 0 Å². The van der Waals surface area contributed by atoms with Gasteiger partial charge in [-0.2, -0.15) is 0 Å². The Hall–Kier alpha value is -1.96. The van der Waals surface area contributed by atoms with E-state index in [1.54, 1.807) is 0 Å². The average molecular weight is 386 g/mol. The molecule has 0 aliphatic carbocycles. The van der Waals surface area contributed by atoms with Gasteiger partial charge in [0, 0.05) is 77.6 Å². The number of hydrogen-bond acceptors (Lipinski definition) is 6. The second kappa shape index (κ2) is 9.03. The molecule has 0 spiro atoms. The maximum absolute atomic E-state index is 12.0. The zero-order valence-corrected chi connectivity index (χ0v) is 16.5. The van der Waals surface area contributed by atoms with Crippen LogP contribution in [0.1, 0.15) is 24.3 Å². The van der Waals surface area contributed by atoms with Crippen molar-refractivity contribution in [3.8, 4) is 0 Å². The number of anilines is 1. The minimum atomic E-state index is -0.200. The molecule has 2 amide bonds. The number of carbonyl (C=O) groups excluding carboxylic acids is 2. The molecule has 3 aliphatic heterocycles. The van der Waals surface area contributed by atoms with Crippen LogP contribution in [0.4, 0.5) is 5.69 Å². The van der Waals surface area contributed by atoms with Crippen molar-refractivity contribution in [2.24, 2.45) is 0 Å². The highest BCUT2D eigenvalue weighted by atomic mass is 16.2. The van der Waals surface area contributed by atoms with E-state index < -0.39 is 0 Å². The summed E-state index contributed by atoms with van der Waals surface area (Å²) >= 11 is 0. The summed E-state index contributed by atoms with van der Waals surface area (Å²) in [7, 11) is 0. The number of amides is 2. The van der Waals surface area contributed by atoms with Crippen molar-refractivity contribution >= 4 is 17.5 Å². The third-order valence-electron chi connectivity index (χ3n) is 6.21. The highest BCUT2D eigenvalue weighted by Crippen LogP contribution is 2.27. The lowest BCUT2D eigenvalue weighted by atomic mass is 9.90. The third kappa shape index (κ3) is 4.71. The molecule has 3 saturated heterocycles. The molecular weight excluding hydrogens is 354 g/mol. The van der Waals surface area contributed by atoms with Crippen LogP contribution >= 0.6 is 0 Å². The molecule has 3 fully saturated rings. The van der Waals surface area contributed by atoms with Gasteiger partial charge in [0.05, 0.1) is 5.92 Å². The molecular formula is C21H31N5O2. The van der Waals surface area contributed by atoms with Crippen molar-refractivity contribution < 1.29 is 9.59 Å². The van der Waals surface area contributed by atoms with Crippen LogP contribution in [0.2, 0.25) is 0 Å². The molecule has 1 unspecified atom stereocenters. The van der Waals surface area contributed by atoms with Crippen LogP contribution < -0.4 is 15.5 Å². The third-order valence-corrected chi connectivity index (χ3v) is 6.21. The number of piperidine rings is 1. The standard InChI is InChI=1S/C21H31N5O2/c27-20-6-5-19(21(28)23-20)17-1-3-18(4-2-17)26-15-13-25(14-16-26)12-11-24-9-7-22-8-10-24/h1-4,19,22H,5-16H2,(H,23,27,28). The molecule has 2 N–H and O–H groups in total. The molecule has 4 rings (SSSR count). The molecule has 0 aromatic heterocycles. The summed E-state index contributed by atoms with van der Waals surface area (Å²) in [5, 5.41) is 5.85. The number of nitrogens with one attached hydrogen (secondary N) is 2. The smallest absolute Gasteiger partial charge is 0.234 e. The number of hydrogen-bond donors (Lipinski definition) is 2. The number of piperazine rings is 2. The van der Waals surface area contributed by atoms with Crippen LogP contribution in [0.5, 0.6) is 0 Å². The van der Waals surface area contributed by atoms with E-state index in [0.29, 0.717) is 12.8 Å². The van der Waals surface area contributed by atoms with Gasteiger partial charge in [0.15, 0.2) is 0 Å². The Bertz CT molecular complexity index is 679. The molecule has 1 atom stereocenters. The first kappa shape index (κ1) is 19.4. The number of carbonyl (C=O) groups is 2. The molecule has 3 aliphatic rings. The van der Waals surface area contributed by atoms with Crippen molar-refractivity contribution in [3.05, 3.63) is 29.8 Å². The van der Waals surface area contributed by atoms with Gasteiger partial charge in [-0.1, -0.05) is 12.1 Å². The van der Waals surface area contributed by atoms with E-state index in [1.165, 1.54) is 25.3 Å². The van der Waals surface area contributed by atoms with E-state index in [1.807, 2.05) is 12.1 Å². The van der Waals surface area contributed by atoms with Gasteiger partial charge in [-0.3, -0.25) is 24.7 Å². The van der Waals surface area contributed by atoms with Gasteiger partial charge in [-0.25, -0.2) is 0 Å². The van der Waals surface area contributed by atoms with Gasteiger partial charge in [-0.15, -0.1) is 0 Å². The summed E-state index contributed by atoms with van der Waals surface area (Å²) in [6.45, 7) is 11.2. The number of rotatable bonds is 5. The predicted octanol–water partition coefficient (Wildman–Crippen LogP) is 0.234. The summed E-state index contributed by atoms with van der Waals surface area (Å²) in [5.41, 5.74) is 2.22. The molecule has 1 aromatic rings. The average Bonchev–Trinajstić information content (AvgIpc) is 2.74. The molecule has 7 heteroatoms. The van der Waals surface area contributed by atoms with E-state index in [2.05, 4.69) is 37.5 Å². The Morgan fingerprint density at radius 3 is 2.14 bits per heavy atom. The summed E-state index contributed by atoms with van der Waals surface area (Å²) in [4.78, 5) is 30.9. The van der Waals surface area contributed by atoms with Gasteiger partial charge in [-0.05, 0) is 24.1 Å². The zero-order valence-electron chi connectivity index (χ0n) is 16.5. The Morgan fingerprint density at radius 1 is 0.857 bits per heavy atom. The van der Waals surface area contributed by atoms with E-state index in [4.69, 9.17) is 0 Å². The number of imide groups is 1. The molecule has 0 bridgehead atoms. The minimum absolute atomic E-state index is 0.160. The highest BCUT2D eigenvalue weighted by molar-refractivity contribution is 6.00. The first-order chi connectivity index (χ1) is 13.7. The molecule has 152 valence electrons. The van der Waals surface area contributed by atoms with Crippen molar-refractivity contribution in [2.75, 3.05) is 70.3 Å². The van der Waals surface area contributed by atoms with Crippen LogP contribution in [0.3, 0.4) is 0 Å². The topological polar surface area (TPSA) is 67.9 Å². The fraction of sp³-hybridized carbons (Fsp3) is 0.619. The number of benzene rings is 1. The van der Waals surface area contributed by atoms with Gasteiger partial charge in [0.1, 0.15) is 0 Å². The molecule has 28 heavy (non-hydrogen) atoms. The van der Waals surface area contributed by atoms with E-state index in [9.17, 15) is 9.59 Å². The molecule has 0 radical (unpaired) electrons. The Balaban J connectivity index is 1.25. The minimum Gasteiger partial charge on any atom is -0.369 e. The van der Waals surface area contributed by atoms with Crippen molar-refractivity contribution in [1.82, 2.24) is 20.4 Å². The van der Waals surface area contributed by atoms with Crippen LogP contribution in [0, 0.1) is 0 Å². The van der Waals surface area contributed by atoms with Gasteiger partial charge in [0.2, 0.25) is 11.8 Å². The lowest BCUT2D eigenvalue weighted by Crippen LogP contribution is -2.50. The summed E-state index contributed by atoms with van der Waals surface area (Å²) in [6.07, 6.45) is 1.03. The van der Waals surface area contributed by atoms with E-state index in [-0.39, 0.29) is 17.7 Å². The van der Waals surface area contributed by atoms with Crippen molar-refractivity contribution in [2.45, 2.75) is 18.8 Å². The van der Waals surface area contributed by atoms with Crippen LogP contribution in [0.25, 0.3) is 0 Å². The highest BCUT2D eigenvalue weighted by Gasteiger charge is 2.28. The lowest BCUT2D eigenvalue weighted by molar-refractivity contribution is -0.134. The SMILES string of the molecule is O=C1CCC(c2ccc(N3CCN(CCN4CCNCC4)CC3)cc2)C(=O)N1. The fourth-order valence-corrected chi connectivity index (χ4v) is 4.38. The van der Waals surface area contributed by atoms with Gasteiger partial charge >= 0.3 is 0 Å². The normalized spacial score (nSPS) is 25.0. The summed E-state index contributed by atoms with van der Waals surface area (Å²) in [6, 6.07) is 8.34. The summed E-state index contributed by atoms with van der Waals surface area (Å²) in [5.74, 6) is -0.525. The van der Waals surface area contributed by atoms with Crippen LogP contribution in [0.15, 0.2) is 24.3 Å². The van der Waals surface area contributed by atoms with Crippen molar-refractivity contribution in [3.63, 3.8) is 0 Å². The Kier molecular flexibility index (Phi) is 6.24. The zero-order chi connectivity index (χ0) is 19.3. The van der Waals surface area contributed by atoms with Crippen LogP contribution in [-0.2, 0) is 9.59 Å². The second-order valence-corrected chi connectivity index (χ2v) is 8.02. The maximum Gasteiger partial charge on any atom is 0.234 e. The maximum atomic E-state index is 12.0. The first-order valence-electron chi connectivity index (χ1n) is 10.5. The van der Waals surface area contributed by atoms with Crippen LogP contribution in [-0.4, -0.2) is 87.1 Å². The Labute approximate surface area is 167 Å². The van der Waals surface area contributed by atoms with Crippen molar-refractivity contribution in [1.29, 1.82) is 0 Å². The Morgan fingerprint density at radius 2 is 1.50 bits per heavy atom. The molecule has 1 aromatic carbocycles. The molecule has 3 heterocycles. The largest absolute Gasteiger partial charge is 0.369 e. The number of nitrogens with zero attached hydrogens (tertiary/aromatic N) is 3. The first-order valence-corrected chi connectivity index (χ1v) is 10.5.